The lowest BCUT2D eigenvalue weighted by Crippen LogP contribution is -2.24. The number of aliphatic hydroxyl groups excluding tert-OH is 1. The highest BCUT2D eigenvalue weighted by molar-refractivity contribution is 6.30. The van der Waals surface area contributed by atoms with Gasteiger partial charge in [-0.1, -0.05) is 53.8 Å². The Labute approximate surface area is 140 Å². The van der Waals surface area contributed by atoms with Crippen molar-refractivity contribution < 1.29 is 14.6 Å². The third-order valence-corrected chi connectivity index (χ3v) is 3.23. The Bertz CT molecular complexity index is 720. The summed E-state index contributed by atoms with van der Waals surface area (Å²) in [5.41, 5.74) is 2.25. The van der Waals surface area contributed by atoms with Crippen molar-refractivity contribution in [1.82, 2.24) is 5.32 Å². The lowest BCUT2D eigenvalue weighted by molar-refractivity contribution is 0.141. The van der Waals surface area contributed by atoms with Crippen LogP contribution in [0.1, 0.15) is 16.7 Å². The summed E-state index contributed by atoms with van der Waals surface area (Å²) in [6, 6.07) is 14.5. The first-order chi connectivity index (χ1) is 11.2. The first kappa shape index (κ1) is 16.9. The number of nitrogens with one attached hydrogen (secondary N) is 1. The highest BCUT2D eigenvalue weighted by Gasteiger charge is 2.01. The molecule has 0 aromatic heterocycles. The first-order valence-corrected chi connectivity index (χ1v) is 7.39. The van der Waals surface area contributed by atoms with Gasteiger partial charge < -0.3 is 15.2 Å². The van der Waals surface area contributed by atoms with Crippen LogP contribution in [-0.2, 0) is 18.0 Å². The van der Waals surface area contributed by atoms with Gasteiger partial charge in [-0.15, -0.1) is 0 Å². The van der Waals surface area contributed by atoms with E-state index in [1.807, 2.05) is 30.3 Å². The van der Waals surface area contributed by atoms with E-state index in [1.165, 1.54) is 0 Å². The number of carbonyl (C=O) groups is 1. The maximum absolute atomic E-state index is 11.5. The third kappa shape index (κ3) is 5.67. The minimum atomic E-state index is -0.526. The summed E-state index contributed by atoms with van der Waals surface area (Å²) in [6.07, 6.45) is -0.526. The summed E-state index contributed by atoms with van der Waals surface area (Å²) in [5.74, 6) is 5.69. The zero-order valence-corrected chi connectivity index (χ0v) is 13.1. The molecule has 4 nitrogen and oxygen atoms in total. The second-order valence-electron chi connectivity index (χ2n) is 4.68. The highest BCUT2D eigenvalue weighted by atomic mass is 35.5. The standard InChI is InChI=1S/C18H16ClNO3/c19-17-9-8-15(16(11-17)12-21)7-4-10-20-18(22)23-13-14-5-2-1-3-6-14/h1-3,5-6,8-9,11,21H,10,12-13H2,(H,20,22). The van der Waals surface area contributed by atoms with Gasteiger partial charge in [-0.05, 0) is 29.3 Å². The number of ether oxygens (including phenoxy) is 1. The molecule has 23 heavy (non-hydrogen) atoms. The maximum atomic E-state index is 11.5. The average Bonchev–Trinajstić information content (AvgIpc) is 2.58. The summed E-state index contributed by atoms with van der Waals surface area (Å²) in [4.78, 5) is 11.5. The van der Waals surface area contributed by atoms with Crippen molar-refractivity contribution in [3.05, 3.63) is 70.2 Å². The lowest BCUT2D eigenvalue weighted by Gasteiger charge is -2.04. The maximum Gasteiger partial charge on any atom is 0.408 e. The van der Waals surface area contributed by atoms with Gasteiger partial charge in [0, 0.05) is 10.6 Å². The van der Waals surface area contributed by atoms with E-state index in [1.54, 1.807) is 18.2 Å². The van der Waals surface area contributed by atoms with Crippen LogP contribution in [0.15, 0.2) is 48.5 Å². The minimum absolute atomic E-state index is 0.142. The van der Waals surface area contributed by atoms with Crippen molar-refractivity contribution in [1.29, 1.82) is 0 Å². The molecule has 0 fully saturated rings. The van der Waals surface area contributed by atoms with E-state index in [2.05, 4.69) is 17.2 Å². The third-order valence-electron chi connectivity index (χ3n) is 2.99. The van der Waals surface area contributed by atoms with Gasteiger partial charge in [-0.25, -0.2) is 4.79 Å². The number of alkyl carbamates (subject to hydrolysis) is 1. The zero-order valence-electron chi connectivity index (χ0n) is 12.4. The molecule has 0 unspecified atom stereocenters. The second-order valence-corrected chi connectivity index (χ2v) is 5.11. The molecule has 0 saturated heterocycles. The van der Waals surface area contributed by atoms with Crippen LogP contribution < -0.4 is 5.32 Å². The summed E-state index contributed by atoms with van der Waals surface area (Å²) < 4.78 is 5.07. The normalized spacial score (nSPS) is 9.65. The van der Waals surface area contributed by atoms with Gasteiger partial charge in [0.1, 0.15) is 6.61 Å². The molecule has 2 N–H and O–H groups in total. The molecule has 2 aromatic carbocycles. The Morgan fingerprint density at radius 1 is 1.22 bits per heavy atom. The van der Waals surface area contributed by atoms with Gasteiger partial charge in [0.15, 0.2) is 0 Å². The van der Waals surface area contributed by atoms with Crippen molar-refractivity contribution in [2.45, 2.75) is 13.2 Å². The van der Waals surface area contributed by atoms with Crippen LogP contribution in [0.25, 0.3) is 0 Å². The van der Waals surface area contributed by atoms with E-state index >= 15 is 0 Å². The number of amides is 1. The predicted molar refractivity (Wildman–Crippen MR) is 88.9 cm³/mol. The lowest BCUT2D eigenvalue weighted by atomic mass is 10.1. The second kappa shape index (κ2) is 8.84. The fourth-order valence-corrected chi connectivity index (χ4v) is 2.04. The monoisotopic (exact) mass is 329 g/mol. The number of benzene rings is 2. The topological polar surface area (TPSA) is 58.6 Å². The van der Waals surface area contributed by atoms with Crippen molar-refractivity contribution in [2.24, 2.45) is 0 Å². The molecule has 0 atom stereocenters. The molecule has 0 saturated carbocycles. The number of hydrogen-bond donors (Lipinski definition) is 2. The van der Waals surface area contributed by atoms with E-state index in [9.17, 15) is 9.90 Å². The molecule has 5 heteroatoms. The molecule has 0 aliphatic rings. The van der Waals surface area contributed by atoms with Crippen molar-refractivity contribution >= 4 is 17.7 Å². The van der Waals surface area contributed by atoms with Crippen molar-refractivity contribution in [2.75, 3.05) is 6.54 Å². The Morgan fingerprint density at radius 3 is 2.74 bits per heavy atom. The summed E-state index contributed by atoms with van der Waals surface area (Å²) in [5, 5.41) is 12.3. The van der Waals surface area contributed by atoms with E-state index in [-0.39, 0.29) is 19.8 Å². The fraction of sp³-hybridized carbons (Fsp3) is 0.167. The largest absolute Gasteiger partial charge is 0.445 e. The molecule has 0 radical (unpaired) electrons. The van der Waals surface area contributed by atoms with Gasteiger partial charge in [0.05, 0.1) is 13.2 Å². The number of halogens is 1. The van der Waals surface area contributed by atoms with Gasteiger partial charge in [-0.3, -0.25) is 0 Å². The summed E-state index contributed by atoms with van der Waals surface area (Å²) in [7, 11) is 0. The molecule has 1 amide bonds. The molecule has 0 heterocycles. The predicted octanol–water partition coefficient (Wildman–Crippen LogP) is 3.11. The first-order valence-electron chi connectivity index (χ1n) is 7.02. The van der Waals surface area contributed by atoms with Crippen LogP contribution in [0.5, 0.6) is 0 Å². The van der Waals surface area contributed by atoms with Crippen molar-refractivity contribution in [3.63, 3.8) is 0 Å². The van der Waals surface area contributed by atoms with Crippen molar-refractivity contribution in [3.8, 4) is 11.8 Å². The minimum Gasteiger partial charge on any atom is -0.445 e. The van der Waals surface area contributed by atoms with Crippen LogP contribution in [0.3, 0.4) is 0 Å². The molecular weight excluding hydrogens is 314 g/mol. The molecule has 2 rings (SSSR count). The molecule has 0 aliphatic heterocycles. The Hall–Kier alpha value is -2.48. The molecule has 0 bridgehead atoms. The van der Waals surface area contributed by atoms with Crippen LogP contribution in [0.4, 0.5) is 4.79 Å². The summed E-state index contributed by atoms with van der Waals surface area (Å²) in [6.45, 7) is 0.226. The van der Waals surface area contributed by atoms with E-state index in [0.717, 1.165) is 5.56 Å². The molecule has 118 valence electrons. The Kier molecular flexibility index (Phi) is 6.49. The fourth-order valence-electron chi connectivity index (χ4n) is 1.84. The van der Waals surface area contributed by atoms with E-state index in [0.29, 0.717) is 16.1 Å². The number of aliphatic hydroxyl groups is 1. The van der Waals surface area contributed by atoms with E-state index < -0.39 is 6.09 Å². The Morgan fingerprint density at radius 2 is 2.00 bits per heavy atom. The van der Waals surface area contributed by atoms with Gasteiger partial charge in [-0.2, -0.15) is 0 Å². The summed E-state index contributed by atoms with van der Waals surface area (Å²) >= 11 is 5.85. The van der Waals surface area contributed by atoms with Crippen LogP contribution >= 0.6 is 11.6 Å². The average molecular weight is 330 g/mol. The van der Waals surface area contributed by atoms with E-state index in [4.69, 9.17) is 16.3 Å². The smallest absolute Gasteiger partial charge is 0.408 e. The van der Waals surface area contributed by atoms with Gasteiger partial charge >= 0.3 is 6.09 Å². The van der Waals surface area contributed by atoms with Crippen LogP contribution in [0.2, 0.25) is 5.02 Å². The highest BCUT2D eigenvalue weighted by Crippen LogP contribution is 2.15. The zero-order chi connectivity index (χ0) is 16.5. The van der Waals surface area contributed by atoms with Crippen LogP contribution in [-0.4, -0.2) is 17.7 Å². The Balaban J connectivity index is 1.80. The van der Waals surface area contributed by atoms with Gasteiger partial charge in [0.2, 0.25) is 0 Å². The quantitative estimate of drug-likeness (QED) is 0.847. The molecule has 0 aliphatic carbocycles. The molecular formula is C18H16ClNO3. The molecule has 2 aromatic rings. The number of carbonyl (C=O) groups excluding carboxylic acids is 1. The van der Waals surface area contributed by atoms with Gasteiger partial charge in [0.25, 0.3) is 0 Å². The number of hydrogen-bond acceptors (Lipinski definition) is 3. The van der Waals surface area contributed by atoms with Crippen LogP contribution in [0, 0.1) is 11.8 Å². The SMILES string of the molecule is O=C(NCC#Cc1ccc(Cl)cc1CO)OCc1ccccc1. The number of rotatable bonds is 4. The molecule has 0 spiro atoms.